The monoisotopic (exact) mass is 374 g/mol. The second kappa shape index (κ2) is 10.4. The number of methoxy groups -OCH3 is 1. The molecular weight excluding hydrogens is 348 g/mol. The van der Waals surface area contributed by atoms with E-state index in [9.17, 15) is 9.59 Å². The van der Waals surface area contributed by atoms with E-state index in [0.29, 0.717) is 24.8 Å². The van der Waals surface area contributed by atoms with Crippen LogP contribution >= 0.6 is 0 Å². The number of nitrogens with zero attached hydrogens (tertiary/aromatic N) is 2. The maximum atomic E-state index is 12.2. The zero-order valence-electron chi connectivity index (χ0n) is 15.9. The van der Waals surface area contributed by atoms with Gasteiger partial charge in [-0.15, -0.1) is 10.2 Å². The van der Waals surface area contributed by atoms with Gasteiger partial charge in [-0.25, -0.2) is 0 Å². The van der Waals surface area contributed by atoms with Gasteiger partial charge in [-0.2, -0.15) is 0 Å². The van der Waals surface area contributed by atoms with E-state index in [4.69, 9.17) is 9.47 Å². The van der Waals surface area contributed by atoms with E-state index in [0.717, 1.165) is 12.0 Å². The van der Waals surface area contributed by atoms with Crippen molar-refractivity contribution in [3.63, 3.8) is 0 Å². The summed E-state index contributed by atoms with van der Waals surface area (Å²) in [6.07, 6.45) is 1.31. The molecule has 0 spiro atoms. The summed E-state index contributed by atoms with van der Waals surface area (Å²) in [7, 11) is 1.61. The fourth-order valence-electron chi connectivity index (χ4n) is 2.29. The maximum absolute atomic E-state index is 12.2. The number of hydrogen-bond donors (Lipinski definition) is 2. The van der Waals surface area contributed by atoms with Gasteiger partial charge in [0.2, 0.25) is 5.91 Å². The first-order chi connectivity index (χ1) is 13.0. The maximum Gasteiger partial charge on any atom is 0.273 e. The van der Waals surface area contributed by atoms with E-state index < -0.39 is 0 Å². The molecule has 0 saturated carbocycles. The number of aromatic amines is 1. The molecule has 0 bridgehead atoms. The molecule has 1 heterocycles. The summed E-state index contributed by atoms with van der Waals surface area (Å²) < 4.78 is 10.4. The van der Waals surface area contributed by atoms with Crippen LogP contribution in [-0.2, 0) is 16.0 Å². The lowest BCUT2D eigenvalue weighted by Gasteiger charge is -2.10. The second-order valence-electron chi connectivity index (χ2n) is 6.19. The first-order valence-corrected chi connectivity index (χ1v) is 9.01. The van der Waals surface area contributed by atoms with Gasteiger partial charge in [-0.05, 0) is 37.6 Å². The molecule has 8 nitrogen and oxygen atoms in total. The number of aryl methyl sites for hydroxylation is 1. The molecular formula is C19H26N4O4. The lowest BCUT2D eigenvalue weighted by Crippen LogP contribution is -2.32. The molecule has 8 heteroatoms. The average molecular weight is 374 g/mol. The van der Waals surface area contributed by atoms with Crippen LogP contribution in [0.1, 0.15) is 32.4 Å². The number of rotatable bonds is 10. The minimum Gasteiger partial charge on any atom is -0.491 e. The minimum atomic E-state index is -0.336. The fraction of sp³-hybridized carbons (Fsp3) is 0.474. The molecule has 1 aromatic carbocycles. The van der Waals surface area contributed by atoms with Gasteiger partial charge in [0.25, 0.3) is 5.56 Å². The minimum absolute atomic E-state index is 0.0984. The van der Waals surface area contributed by atoms with Gasteiger partial charge in [0.15, 0.2) is 5.82 Å². The first-order valence-electron chi connectivity index (χ1n) is 9.01. The lowest BCUT2D eigenvalue weighted by atomic mass is 10.2. The Morgan fingerprint density at radius 2 is 1.96 bits per heavy atom. The summed E-state index contributed by atoms with van der Waals surface area (Å²) in [4.78, 5) is 26.8. The van der Waals surface area contributed by atoms with E-state index in [1.165, 1.54) is 0 Å². The Labute approximate surface area is 158 Å². The third kappa shape index (κ3) is 6.49. The predicted molar refractivity (Wildman–Crippen MR) is 102 cm³/mol. The van der Waals surface area contributed by atoms with Crippen molar-refractivity contribution in [1.82, 2.24) is 20.5 Å². The molecule has 1 aromatic heterocycles. The highest BCUT2D eigenvalue weighted by Crippen LogP contribution is 2.18. The van der Waals surface area contributed by atoms with E-state index >= 15 is 0 Å². The standard InChI is InChI=1S/C19H26N4O4/c1-4-13(2)20-17(24)10-9-16-19(25)21-18(23-22-16)14-5-7-15(8-6-14)27-12-11-26-3/h5-8,13H,4,9-12H2,1-3H3,(H,20,24)(H,21,23,25). The number of carbonyl (C=O) groups excluding carboxylic acids is 1. The van der Waals surface area contributed by atoms with Gasteiger partial charge in [0.05, 0.1) is 6.61 Å². The summed E-state index contributed by atoms with van der Waals surface area (Å²) in [6, 6.07) is 7.28. The molecule has 0 radical (unpaired) electrons. The lowest BCUT2D eigenvalue weighted by molar-refractivity contribution is -0.121. The molecule has 1 atom stereocenters. The second-order valence-corrected chi connectivity index (χ2v) is 6.19. The SMILES string of the molecule is CCC(C)NC(=O)CCc1nnc(-c2ccc(OCCOC)cc2)[nH]c1=O. The van der Waals surface area contributed by atoms with Crippen molar-refractivity contribution in [2.45, 2.75) is 39.2 Å². The Morgan fingerprint density at radius 1 is 1.22 bits per heavy atom. The zero-order valence-corrected chi connectivity index (χ0v) is 15.9. The summed E-state index contributed by atoms with van der Waals surface area (Å²) in [5.74, 6) is 0.977. The first kappa shape index (κ1) is 20.6. The number of carbonyl (C=O) groups is 1. The molecule has 1 unspecified atom stereocenters. The molecule has 0 aliphatic heterocycles. The Morgan fingerprint density at radius 3 is 2.59 bits per heavy atom. The summed E-state index contributed by atoms with van der Waals surface area (Å²) >= 11 is 0. The van der Waals surface area contributed by atoms with E-state index in [2.05, 4.69) is 20.5 Å². The van der Waals surface area contributed by atoms with Crippen LogP contribution in [0.4, 0.5) is 0 Å². The molecule has 0 aliphatic rings. The summed E-state index contributed by atoms with van der Waals surface area (Å²) in [6.45, 7) is 4.91. The van der Waals surface area contributed by atoms with Crippen LogP contribution < -0.4 is 15.6 Å². The largest absolute Gasteiger partial charge is 0.491 e. The fourth-order valence-corrected chi connectivity index (χ4v) is 2.29. The Kier molecular flexibility index (Phi) is 7.94. The van der Waals surface area contributed by atoms with Gasteiger partial charge in [0, 0.05) is 31.6 Å². The van der Waals surface area contributed by atoms with E-state index in [1.54, 1.807) is 31.4 Å². The van der Waals surface area contributed by atoms with Gasteiger partial charge in [-0.1, -0.05) is 6.92 Å². The number of amides is 1. The van der Waals surface area contributed by atoms with Crippen molar-refractivity contribution in [2.24, 2.45) is 0 Å². The molecule has 0 aliphatic carbocycles. The van der Waals surface area contributed by atoms with Crippen LogP contribution in [-0.4, -0.2) is 47.5 Å². The molecule has 0 saturated heterocycles. The van der Waals surface area contributed by atoms with Crippen LogP contribution in [0.2, 0.25) is 0 Å². The van der Waals surface area contributed by atoms with Crippen molar-refractivity contribution in [1.29, 1.82) is 0 Å². The topological polar surface area (TPSA) is 106 Å². The van der Waals surface area contributed by atoms with Crippen molar-refractivity contribution < 1.29 is 14.3 Å². The van der Waals surface area contributed by atoms with Gasteiger partial charge < -0.3 is 19.8 Å². The van der Waals surface area contributed by atoms with Gasteiger partial charge >= 0.3 is 0 Å². The van der Waals surface area contributed by atoms with Crippen molar-refractivity contribution in [3.8, 4) is 17.1 Å². The normalized spacial score (nSPS) is 11.8. The molecule has 146 valence electrons. The molecule has 2 rings (SSSR count). The van der Waals surface area contributed by atoms with Crippen molar-refractivity contribution in [3.05, 3.63) is 40.3 Å². The molecule has 2 N–H and O–H groups in total. The highest BCUT2D eigenvalue weighted by molar-refractivity contribution is 5.76. The van der Waals surface area contributed by atoms with Crippen LogP contribution in [0, 0.1) is 0 Å². The number of aromatic nitrogens is 3. The summed E-state index contributed by atoms with van der Waals surface area (Å²) in [5.41, 5.74) is 0.633. The molecule has 1 amide bonds. The molecule has 27 heavy (non-hydrogen) atoms. The van der Waals surface area contributed by atoms with Gasteiger partial charge in [-0.3, -0.25) is 9.59 Å². The summed E-state index contributed by atoms with van der Waals surface area (Å²) in [5, 5.41) is 10.9. The van der Waals surface area contributed by atoms with Crippen molar-refractivity contribution >= 4 is 5.91 Å². The number of H-pyrrole nitrogens is 1. The predicted octanol–water partition coefficient (Wildman–Crippen LogP) is 1.70. The zero-order chi connectivity index (χ0) is 19.6. The van der Waals surface area contributed by atoms with Gasteiger partial charge in [0.1, 0.15) is 18.1 Å². The molecule has 2 aromatic rings. The number of benzene rings is 1. The Hall–Kier alpha value is -2.74. The van der Waals surface area contributed by atoms with Crippen LogP contribution in [0.5, 0.6) is 5.75 Å². The number of nitrogens with one attached hydrogen (secondary N) is 2. The smallest absolute Gasteiger partial charge is 0.273 e. The van der Waals surface area contributed by atoms with E-state index in [-0.39, 0.29) is 36.0 Å². The van der Waals surface area contributed by atoms with E-state index in [1.807, 2.05) is 13.8 Å². The van der Waals surface area contributed by atoms with Crippen LogP contribution in [0.15, 0.2) is 29.1 Å². The highest BCUT2D eigenvalue weighted by Gasteiger charge is 2.11. The third-order valence-corrected chi connectivity index (χ3v) is 4.06. The number of hydrogen-bond acceptors (Lipinski definition) is 6. The van der Waals surface area contributed by atoms with Crippen LogP contribution in [0.3, 0.4) is 0 Å². The third-order valence-electron chi connectivity index (χ3n) is 4.06. The average Bonchev–Trinajstić information content (AvgIpc) is 2.67. The Balaban J connectivity index is 1.97. The number of ether oxygens (including phenoxy) is 2. The quantitative estimate of drug-likeness (QED) is 0.613. The molecule has 0 fully saturated rings. The Bertz CT molecular complexity index is 789. The highest BCUT2D eigenvalue weighted by atomic mass is 16.5. The van der Waals surface area contributed by atoms with Crippen molar-refractivity contribution in [2.75, 3.05) is 20.3 Å². The van der Waals surface area contributed by atoms with Crippen LogP contribution in [0.25, 0.3) is 11.4 Å².